The number of aliphatic hydroxyl groups excluding tert-OH is 1. The lowest BCUT2D eigenvalue weighted by molar-refractivity contribution is -0.163. The molecule has 3 unspecified atom stereocenters. The van der Waals surface area contributed by atoms with E-state index in [9.17, 15) is 19.8 Å². The number of benzene rings is 1. The minimum Gasteiger partial charge on any atom is -0.477 e. The van der Waals surface area contributed by atoms with Crippen molar-refractivity contribution in [3.05, 3.63) is 52.8 Å². The van der Waals surface area contributed by atoms with Crippen LogP contribution in [0.25, 0.3) is 10.8 Å². The number of fused-ring (bicyclic) bond motifs is 2. The number of aryl methyl sites for hydroxylation is 1. The average Bonchev–Trinajstić information content (AvgIpc) is 2.90. The van der Waals surface area contributed by atoms with E-state index in [2.05, 4.69) is 4.98 Å². The summed E-state index contributed by atoms with van der Waals surface area (Å²) in [5.41, 5.74) is 1.06. The highest BCUT2D eigenvalue weighted by molar-refractivity contribution is 8.03. The maximum absolute atomic E-state index is 12.4. The van der Waals surface area contributed by atoms with Crippen molar-refractivity contribution in [2.75, 3.05) is 5.75 Å². The van der Waals surface area contributed by atoms with Crippen molar-refractivity contribution >= 4 is 34.4 Å². The summed E-state index contributed by atoms with van der Waals surface area (Å²) in [6, 6.07) is 9.77. The van der Waals surface area contributed by atoms with Crippen molar-refractivity contribution in [2.24, 2.45) is 11.8 Å². The molecule has 0 spiro atoms. The van der Waals surface area contributed by atoms with Crippen molar-refractivity contribution < 1.29 is 19.8 Å². The van der Waals surface area contributed by atoms with Crippen molar-refractivity contribution in [1.82, 2.24) is 9.88 Å². The van der Waals surface area contributed by atoms with Gasteiger partial charge < -0.3 is 15.1 Å². The molecule has 2 aliphatic heterocycles. The van der Waals surface area contributed by atoms with Crippen LogP contribution in [0.15, 0.2) is 47.1 Å². The molecule has 2 aromatic rings. The Labute approximate surface area is 167 Å². The molecule has 6 nitrogen and oxygen atoms in total. The van der Waals surface area contributed by atoms with E-state index >= 15 is 0 Å². The molecule has 0 radical (unpaired) electrons. The summed E-state index contributed by atoms with van der Waals surface area (Å²) in [5.74, 6) is -1.34. The van der Waals surface area contributed by atoms with Crippen molar-refractivity contribution in [3.63, 3.8) is 0 Å². The fourth-order valence-corrected chi connectivity index (χ4v) is 5.59. The van der Waals surface area contributed by atoms with E-state index in [1.54, 1.807) is 13.1 Å². The summed E-state index contributed by atoms with van der Waals surface area (Å²) >= 11 is 1.48. The van der Waals surface area contributed by atoms with E-state index in [4.69, 9.17) is 0 Å². The van der Waals surface area contributed by atoms with Gasteiger partial charge in [-0.2, -0.15) is 0 Å². The molecule has 1 saturated heterocycles. The molecule has 0 bridgehead atoms. The number of thioether (sulfide) groups is 1. The lowest BCUT2D eigenvalue weighted by atomic mass is 9.79. The van der Waals surface area contributed by atoms with Gasteiger partial charge in [0.15, 0.2) is 0 Å². The highest BCUT2D eigenvalue weighted by atomic mass is 32.2. The molecule has 4 atom stereocenters. The lowest BCUT2D eigenvalue weighted by Crippen LogP contribution is -2.63. The number of pyridine rings is 1. The van der Waals surface area contributed by atoms with Crippen LogP contribution in [0.3, 0.4) is 0 Å². The lowest BCUT2D eigenvalue weighted by Gasteiger charge is -2.46. The predicted molar refractivity (Wildman–Crippen MR) is 108 cm³/mol. The summed E-state index contributed by atoms with van der Waals surface area (Å²) in [6.45, 7) is 3.53. The third-order valence-corrected chi connectivity index (χ3v) is 6.95. The Morgan fingerprint density at radius 2 is 2.07 bits per heavy atom. The third kappa shape index (κ3) is 2.89. The second-order valence-electron chi connectivity index (χ2n) is 7.35. The van der Waals surface area contributed by atoms with Crippen LogP contribution in [0.1, 0.15) is 19.5 Å². The van der Waals surface area contributed by atoms with E-state index in [-0.39, 0.29) is 23.6 Å². The van der Waals surface area contributed by atoms with Gasteiger partial charge in [-0.15, -0.1) is 11.8 Å². The molecule has 1 aromatic heterocycles. The Bertz CT molecular complexity index is 982. The van der Waals surface area contributed by atoms with E-state index in [0.29, 0.717) is 17.1 Å². The number of carbonyl (C=O) groups is 2. The predicted octanol–water partition coefficient (Wildman–Crippen LogP) is 2.66. The minimum atomic E-state index is -1.09. The van der Waals surface area contributed by atoms with E-state index in [0.717, 1.165) is 16.5 Å². The number of rotatable bonds is 6. The van der Waals surface area contributed by atoms with Gasteiger partial charge in [-0.1, -0.05) is 31.2 Å². The van der Waals surface area contributed by atoms with Gasteiger partial charge in [-0.3, -0.25) is 9.78 Å². The first-order valence-corrected chi connectivity index (χ1v) is 10.3. The molecule has 3 heterocycles. The molecule has 1 aromatic carbocycles. The Morgan fingerprint density at radius 1 is 1.32 bits per heavy atom. The Kier molecular flexibility index (Phi) is 4.89. The molecule has 0 aliphatic carbocycles. The quantitative estimate of drug-likeness (QED) is 0.727. The summed E-state index contributed by atoms with van der Waals surface area (Å²) in [4.78, 5) is 30.8. The van der Waals surface area contributed by atoms with E-state index in [1.807, 2.05) is 37.3 Å². The fourth-order valence-electron chi connectivity index (χ4n) is 4.35. The van der Waals surface area contributed by atoms with Crippen LogP contribution in [0.4, 0.5) is 0 Å². The van der Waals surface area contributed by atoms with Gasteiger partial charge in [0.2, 0.25) is 5.91 Å². The molecular formula is C21H22N2O4S. The van der Waals surface area contributed by atoms with Gasteiger partial charge in [-0.25, -0.2) is 4.79 Å². The Morgan fingerprint density at radius 3 is 2.79 bits per heavy atom. The number of amides is 1. The van der Waals surface area contributed by atoms with Crippen LogP contribution in [-0.4, -0.2) is 49.9 Å². The Hall–Kier alpha value is -2.38. The van der Waals surface area contributed by atoms with Crippen LogP contribution in [0.5, 0.6) is 0 Å². The number of carboxylic acids is 1. The van der Waals surface area contributed by atoms with Gasteiger partial charge in [-0.05, 0) is 24.8 Å². The van der Waals surface area contributed by atoms with Crippen LogP contribution in [0.2, 0.25) is 0 Å². The standard InChI is InChI=1S/C21H22N2O4S/c1-11-17-16(12(2)24)20(25)23(17)18(21(26)27)19(11)28-10-8-15-14-6-4-3-5-13(14)7-9-22-15/h3-7,9,11-12,16-17,24H,8,10H2,1-2H3,(H,26,27)/t11-,12?,16?,17?/m1/s1. The van der Waals surface area contributed by atoms with Crippen LogP contribution in [0, 0.1) is 11.8 Å². The first-order valence-electron chi connectivity index (χ1n) is 9.36. The zero-order valence-corrected chi connectivity index (χ0v) is 16.5. The van der Waals surface area contributed by atoms with Crippen molar-refractivity contribution in [2.45, 2.75) is 32.4 Å². The largest absolute Gasteiger partial charge is 0.477 e. The SMILES string of the molecule is CC(O)C1C(=O)N2C(C(=O)O)=C(SCCc3nccc4ccccc34)[C@H](C)C12. The number of aliphatic carboxylic acids is 1. The maximum atomic E-state index is 12.4. The van der Waals surface area contributed by atoms with E-state index < -0.39 is 18.0 Å². The number of carboxylic acid groups (broad SMARTS) is 1. The highest BCUT2D eigenvalue weighted by Gasteiger charge is 2.59. The second kappa shape index (κ2) is 7.22. The average molecular weight is 398 g/mol. The monoisotopic (exact) mass is 398 g/mol. The number of β-lactam (4-membered cyclic amide) rings is 1. The summed E-state index contributed by atoms with van der Waals surface area (Å²) in [6.07, 6.45) is 1.71. The van der Waals surface area contributed by atoms with Crippen molar-refractivity contribution in [1.29, 1.82) is 0 Å². The third-order valence-electron chi connectivity index (χ3n) is 5.66. The Balaban J connectivity index is 1.54. The molecule has 28 heavy (non-hydrogen) atoms. The van der Waals surface area contributed by atoms with E-state index in [1.165, 1.54) is 16.7 Å². The second-order valence-corrected chi connectivity index (χ2v) is 8.49. The zero-order valence-electron chi connectivity index (χ0n) is 15.7. The summed E-state index contributed by atoms with van der Waals surface area (Å²) in [5, 5.41) is 21.8. The normalized spacial score (nSPS) is 25.0. The first-order chi connectivity index (χ1) is 13.4. The van der Waals surface area contributed by atoms with Crippen LogP contribution < -0.4 is 0 Å². The molecule has 1 amide bonds. The number of aromatic nitrogens is 1. The highest BCUT2D eigenvalue weighted by Crippen LogP contribution is 2.50. The molecule has 7 heteroatoms. The summed E-state index contributed by atoms with van der Waals surface area (Å²) < 4.78 is 0. The van der Waals surface area contributed by atoms with Gasteiger partial charge in [0.25, 0.3) is 0 Å². The van der Waals surface area contributed by atoms with Crippen LogP contribution in [-0.2, 0) is 16.0 Å². The number of hydrogen-bond acceptors (Lipinski definition) is 5. The number of aliphatic hydroxyl groups is 1. The fraction of sp³-hybridized carbons (Fsp3) is 0.381. The zero-order chi connectivity index (χ0) is 20.0. The van der Waals surface area contributed by atoms with Gasteiger partial charge in [0, 0.05) is 33.9 Å². The van der Waals surface area contributed by atoms with Gasteiger partial charge in [0.05, 0.1) is 18.1 Å². The van der Waals surface area contributed by atoms with Gasteiger partial charge >= 0.3 is 5.97 Å². The minimum absolute atomic E-state index is 0.0790. The number of hydrogen-bond donors (Lipinski definition) is 2. The van der Waals surface area contributed by atoms with Crippen LogP contribution >= 0.6 is 11.8 Å². The number of nitrogens with zero attached hydrogens (tertiary/aromatic N) is 2. The molecular weight excluding hydrogens is 376 g/mol. The molecule has 146 valence electrons. The molecule has 1 fully saturated rings. The topological polar surface area (TPSA) is 90.7 Å². The first kappa shape index (κ1) is 19.0. The molecule has 2 aliphatic rings. The smallest absolute Gasteiger partial charge is 0.353 e. The molecule has 4 rings (SSSR count). The number of carbonyl (C=O) groups excluding carboxylic acids is 1. The maximum Gasteiger partial charge on any atom is 0.353 e. The molecule has 0 saturated carbocycles. The van der Waals surface area contributed by atoms with Gasteiger partial charge in [0.1, 0.15) is 5.70 Å². The van der Waals surface area contributed by atoms with Crippen molar-refractivity contribution in [3.8, 4) is 0 Å². The summed E-state index contributed by atoms with van der Waals surface area (Å²) in [7, 11) is 0. The molecule has 2 N–H and O–H groups in total.